The van der Waals surface area contributed by atoms with Crippen LogP contribution in [0.3, 0.4) is 0 Å². The van der Waals surface area contributed by atoms with Crippen LogP contribution in [0.2, 0.25) is 10.0 Å². The maximum absolute atomic E-state index is 11.4. The Labute approximate surface area is 115 Å². The number of halogens is 2. The van der Waals surface area contributed by atoms with Gasteiger partial charge in [-0.2, -0.15) is 0 Å². The Bertz CT molecular complexity index is 604. The fraction of sp³-hybridized carbons (Fsp3) is 0.308. The molecule has 1 atom stereocenters. The monoisotopic (exact) mass is 285 g/mol. The second-order valence-electron chi connectivity index (χ2n) is 4.57. The minimum atomic E-state index is -0.862. The molecule has 0 aliphatic heterocycles. The summed E-state index contributed by atoms with van der Waals surface area (Å²) in [6, 6.07) is 4.57. The molecular formula is C13H13Cl2NO2. The summed E-state index contributed by atoms with van der Waals surface area (Å²) >= 11 is 12.1. The van der Waals surface area contributed by atoms with E-state index >= 15 is 0 Å². The Kier molecular flexibility index (Phi) is 3.55. The number of nitrogens with zero attached hydrogens (tertiary/aromatic N) is 1. The third-order valence-corrected chi connectivity index (χ3v) is 3.47. The molecule has 0 fully saturated rings. The fourth-order valence-corrected chi connectivity index (χ4v) is 2.70. The Morgan fingerprint density at radius 1 is 1.33 bits per heavy atom. The third-order valence-electron chi connectivity index (χ3n) is 2.94. The molecular weight excluding hydrogens is 273 g/mol. The topological polar surface area (TPSA) is 42.2 Å². The zero-order valence-electron chi connectivity index (χ0n) is 10.0. The minimum Gasteiger partial charge on any atom is -0.480 e. The summed E-state index contributed by atoms with van der Waals surface area (Å²) in [7, 11) is 0. The lowest BCUT2D eigenvalue weighted by Gasteiger charge is -2.19. The van der Waals surface area contributed by atoms with Gasteiger partial charge in [-0.1, -0.05) is 37.0 Å². The van der Waals surface area contributed by atoms with Crippen molar-refractivity contribution in [1.29, 1.82) is 0 Å². The summed E-state index contributed by atoms with van der Waals surface area (Å²) in [4.78, 5) is 11.4. The number of hydrogen-bond acceptors (Lipinski definition) is 1. The number of carbonyl (C=O) groups is 1. The summed E-state index contributed by atoms with van der Waals surface area (Å²) in [5.41, 5.74) is 0.744. The standard InChI is InChI=1S/C13H13Cl2NO2/c1-7(2)12(13(17)18)16-4-3-9-10(15)5-8(14)6-11(9)16/h3-7,12H,1-2H3,(H,17,18). The predicted molar refractivity (Wildman–Crippen MR) is 73.5 cm³/mol. The van der Waals surface area contributed by atoms with E-state index in [9.17, 15) is 9.90 Å². The first kappa shape index (κ1) is 13.2. The molecule has 2 rings (SSSR count). The van der Waals surface area contributed by atoms with Crippen molar-refractivity contribution in [3.8, 4) is 0 Å². The molecule has 0 saturated carbocycles. The summed E-state index contributed by atoms with van der Waals surface area (Å²) < 4.78 is 1.71. The largest absolute Gasteiger partial charge is 0.480 e. The number of rotatable bonds is 3. The Morgan fingerprint density at radius 2 is 2.00 bits per heavy atom. The highest BCUT2D eigenvalue weighted by atomic mass is 35.5. The van der Waals surface area contributed by atoms with Crippen LogP contribution in [0.1, 0.15) is 19.9 Å². The van der Waals surface area contributed by atoms with Crippen LogP contribution in [0.4, 0.5) is 0 Å². The number of carboxylic acids is 1. The van der Waals surface area contributed by atoms with Crippen molar-refractivity contribution in [3.63, 3.8) is 0 Å². The van der Waals surface area contributed by atoms with Gasteiger partial charge >= 0.3 is 5.97 Å². The molecule has 1 aromatic carbocycles. The summed E-state index contributed by atoms with van der Waals surface area (Å²) in [6.45, 7) is 3.74. The maximum atomic E-state index is 11.4. The lowest BCUT2D eigenvalue weighted by Crippen LogP contribution is -2.23. The number of aromatic nitrogens is 1. The first-order valence-corrected chi connectivity index (χ1v) is 6.36. The van der Waals surface area contributed by atoms with Crippen molar-refractivity contribution in [2.45, 2.75) is 19.9 Å². The molecule has 0 aliphatic carbocycles. The van der Waals surface area contributed by atoms with Gasteiger partial charge in [-0.05, 0) is 24.1 Å². The van der Waals surface area contributed by atoms with Gasteiger partial charge in [0, 0.05) is 16.6 Å². The van der Waals surface area contributed by atoms with Gasteiger partial charge in [0.25, 0.3) is 0 Å². The number of fused-ring (bicyclic) bond motifs is 1. The molecule has 0 aliphatic rings. The SMILES string of the molecule is CC(C)C(C(=O)O)n1ccc2c(Cl)cc(Cl)cc21. The van der Waals surface area contributed by atoms with Crippen LogP contribution in [0, 0.1) is 5.92 Å². The molecule has 0 saturated heterocycles. The first-order chi connectivity index (χ1) is 8.41. The van der Waals surface area contributed by atoms with Gasteiger partial charge in [0.15, 0.2) is 0 Å². The van der Waals surface area contributed by atoms with E-state index in [-0.39, 0.29) is 5.92 Å². The van der Waals surface area contributed by atoms with Crippen LogP contribution in [-0.4, -0.2) is 15.6 Å². The van der Waals surface area contributed by atoms with Crippen LogP contribution < -0.4 is 0 Å². The van der Waals surface area contributed by atoms with Gasteiger partial charge in [0.05, 0.1) is 10.5 Å². The highest BCUT2D eigenvalue weighted by molar-refractivity contribution is 6.38. The zero-order chi connectivity index (χ0) is 13.4. The second-order valence-corrected chi connectivity index (χ2v) is 5.41. The van der Waals surface area contributed by atoms with Crippen molar-refractivity contribution in [1.82, 2.24) is 4.57 Å². The molecule has 18 heavy (non-hydrogen) atoms. The highest BCUT2D eigenvalue weighted by Gasteiger charge is 2.24. The van der Waals surface area contributed by atoms with Crippen molar-refractivity contribution in [2.24, 2.45) is 5.92 Å². The lowest BCUT2D eigenvalue weighted by molar-refractivity contribution is -0.142. The van der Waals surface area contributed by atoms with E-state index in [4.69, 9.17) is 23.2 Å². The summed E-state index contributed by atoms with van der Waals surface area (Å²) in [5.74, 6) is -0.894. The minimum absolute atomic E-state index is 0.0316. The molecule has 1 N–H and O–H groups in total. The maximum Gasteiger partial charge on any atom is 0.326 e. The first-order valence-electron chi connectivity index (χ1n) is 5.60. The Hall–Kier alpha value is -1.19. The average molecular weight is 286 g/mol. The van der Waals surface area contributed by atoms with E-state index in [1.54, 1.807) is 22.9 Å². The van der Waals surface area contributed by atoms with Gasteiger partial charge < -0.3 is 9.67 Å². The summed E-state index contributed by atoms with van der Waals surface area (Å²) in [6.07, 6.45) is 1.74. The lowest BCUT2D eigenvalue weighted by atomic mass is 10.0. The molecule has 1 unspecified atom stereocenters. The quantitative estimate of drug-likeness (QED) is 0.917. The second kappa shape index (κ2) is 4.82. The van der Waals surface area contributed by atoms with E-state index in [0.717, 1.165) is 10.9 Å². The molecule has 5 heteroatoms. The van der Waals surface area contributed by atoms with Crippen LogP contribution >= 0.6 is 23.2 Å². The average Bonchev–Trinajstić information content (AvgIpc) is 2.61. The molecule has 0 bridgehead atoms. The summed E-state index contributed by atoms with van der Waals surface area (Å²) in [5, 5.41) is 11.2. The molecule has 96 valence electrons. The highest BCUT2D eigenvalue weighted by Crippen LogP contribution is 2.32. The van der Waals surface area contributed by atoms with Gasteiger partial charge in [0.2, 0.25) is 0 Å². The number of aliphatic carboxylic acids is 1. The smallest absolute Gasteiger partial charge is 0.326 e. The molecule has 0 spiro atoms. The van der Waals surface area contributed by atoms with Crippen molar-refractivity contribution >= 4 is 40.1 Å². The molecule has 2 aromatic rings. The van der Waals surface area contributed by atoms with Crippen molar-refractivity contribution in [2.75, 3.05) is 0 Å². The van der Waals surface area contributed by atoms with E-state index < -0.39 is 12.0 Å². The van der Waals surface area contributed by atoms with Gasteiger partial charge in [-0.25, -0.2) is 4.79 Å². The van der Waals surface area contributed by atoms with Crippen LogP contribution in [-0.2, 0) is 4.79 Å². The Morgan fingerprint density at radius 3 is 2.56 bits per heavy atom. The molecule has 3 nitrogen and oxygen atoms in total. The van der Waals surface area contributed by atoms with E-state index in [1.807, 2.05) is 19.9 Å². The normalized spacial score (nSPS) is 13.2. The van der Waals surface area contributed by atoms with Crippen molar-refractivity contribution in [3.05, 3.63) is 34.4 Å². The van der Waals surface area contributed by atoms with Crippen LogP contribution in [0.25, 0.3) is 10.9 Å². The van der Waals surface area contributed by atoms with Gasteiger partial charge in [-0.3, -0.25) is 0 Å². The number of carboxylic acid groups (broad SMARTS) is 1. The van der Waals surface area contributed by atoms with Gasteiger partial charge in [-0.15, -0.1) is 0 Å². The third kappa shape index (κ3) is 2.20. The van der Waals surface area contributed by atoms with E-state index in [2.05, 4.69) is 0 Å². The number of hydrogen-bond donors (Lipinski definition) is 1. The fourth-order valence-electron chi connectivity index (χ4n) is 2.15. The Balaban J connectivity index is 2.68. The molecule has 0 amide bonds. The molecule has 0 radical (unpaired) electrons. The van der Waals surface area contributed by atoms with E-state index in [0.29, 0.717) is 10.0 Å². The molecule has 1 aromatic heterocycles. The molecule has 1 heterocycles. The van der Waals surface area contributed by atoms with Gasteiger partial charge in [0.1, 0.15) is 6.04 Å². The predicted octanol–water partition coefficient (Wildman–Crippen LogP) is 4.23. The van der Waals surface area contributed by atoms with Crippen LogP contribution in [0.5, 0.6) is 0 Å². The zero-order valence-corrected chi connectivity index (χ0v) is 11.5. The van der Waals surface area contributed by atoms with Crippen molar-refractivity contribution < 1.29 is 9.90 Å². The van der Waals surface area contributed by atoms with Crippen LogP contribution in [0.15, 0.2) is 24.4 Å². The van der Waals surface area contributed by atoms with E-state index in [1.165, 1.54) is 0 Å². The number of benzene rings is 1.